The molecule has 1 nitrogen and oxygen atoms in total. The SMILES string of the molecule is CCCCC1(CC=O)CC1C. The van der Waals surface area contributed by atoms with Crippen molar-refractivity contribution in [2.75, 3.05) is 0 Å². The minimum atomic E-state index is 0.442. The summed E-state index contributed by atoms with van der Waals surface area (Å²) in [7, 11) is 0. The van der Waals surface area contributed by atoms with Gasteiger partial charge in [0.25, 0.3) is 0 Å². The molecule has 0 N–H and O–H groups in total. The van der Waals surface area contributed by atoms with Crippen molar-refractivity contribution in [2.24, 2.45) is 11.3 Å². The van der Waals surface area contributed by atoms with Gasteiger partial charge in [0.2, 0.25) is 0 Å². The zero-order chi connectivity index (χ0) is 8.32. The van der Waals surface area contributed by atoms with Crippen molar-refractivity contribution < 1.29 is 4.79 Å². The molecule has 0 bridgehead atoms. The first-order chi connectivity index (χ1) is 5.25. The Morgan fingerprint density at radius 3 is 2.64 bits per heavy atom. The number of hydrogen-bond donors (Lipinski definition) is 0. The van der Waals surface area contributed by atoms with Gasteiger partial charge in [0.1, 0.15) is 6.29 Å². The van der Waals surface area contributed by atoms with Gasteiger partial charge in [0, 0.05) is 6.42 Å². The summed E-state index contributed by atoms with van der Waals surface area (Å²) in [6.07, 6.45) is 6.99. The van der Waals surface area contributed by atoms with E-state index >= 15 is 0 Å². The van der Waals surface area contributed by atoms with E-state index in [0.717, 1.165) is 18.6 Å². The van der Waals surface area contributed by atoms with Gasteiger partial charge >= 0.3 is 0 Å². The number of carbonyl (C=O) groups excluding carboxylic acids is 1. The molecule has 0 aromatic rings. The first-order valence-corrected chi connectivity index (χ1v) is 4.69. The molecule has 0 aliphatic heterocycles. The maximum absolute atomic E-state index is 10.4. The predicted octanol–water partition coefficient (Wildman–Crippen LogP) is 2.79. The van der Waals surface area contributed by atoms with E-state index in [2.05, 4.69) is 13.8 Å². The van der Waals surface area contributed by atoms with Crippen LogP contribution in [-0.2, 0) is 4.79 Å². The third kappa shape index (κ3) is 1.82. The Labute approximate surface area is 69.2 Å². The van der Waals surface area contributed by atoms with Crippen molar-refractivity contribution >= 4 is 6.29 Å². The molecule has 1 aliphatic rings. The van der Waals surface area contributed by atoms with E-state index in [4.69, 9.17) is 0 Å². The zero-order valence-corrected chi connectivity index (χ0v) is 7.60. The molecule has 0 spiro atoms. The van der Waals surface area contributed by atoms with Gasteiger partial charge in [-0.25, -0.2) is 0 Å². The van der Waals surface area contributed by atoms with Crippen LogP contribution >= 0.6 is 0 Å². The van der Waals surface area contributed by atoms with Gasteiger partial charge in [-0.05, 0) is 24.2 Å². The van der Waals surface area contributed by atoms with E-state index in [-0.39, 0.29) is 0 Å². The molecule has 0 radical (unpaired) electrons. The second kappa shape index (κ2) is 3.38. The van der Waals surface area contributed by atoms with E-state index in [9.17, 15) is 4.79 Å². The molecule has 1 aliphatic carbocycles. The van der Waals surface area contributed by atoms with Crippen LogP contribution in [0.25, 0.3) is 0 Å². The van der Waals surface area contributed by atoms with Crippen LogP contribution < -0.4 is 0 Å². The Morgan fingerprint density at radius 1 is 1.64 bits per heavy atom. The van der Waals surface area contributed by atoms with Gasteiger partial charge < -0.3 is 4.79 Å². The van der Waals surface area contributed by atoms with Gasteiger partial charge in [-0.2, -0.15) is 0 Å². The average molecular weight is 154 g/mol. The summed E-state index contributed by atoms with van der Waals surface area (Å²) in [5, 5.41) is 0. The quantitative estimate of drug-likeness (QED) is 0.556. The summed E-state index contributed by atoms with van der Waals surface area (Å²) >= 11 is 0. The summed E-state index contributed by atoms with van der Waals surface area (Å²) in [4.78, 5) is 10.4. The number of rotatable bonds is 5. The van der Waals surface area contributed by atoms with E-state index < -0.39 is 0 Å². The molecule has 11 heavy (non-hydrogen) atoms. The Kier molecular flexibility index (Phi) is 2.69. The maximum Gasteiger partial charge on any atom is 0.120 e. The Morgan fingerprint density at radius 2 is 2.27 bits per heavy atom. The number of unbranched alkanes of at least 4 members (excludes halogenated alkanes) is 1. The summed E-state index contributed by atoms with van der Waals surface area (Å²) in [5.41, 5.74) is 0.442. The molecular weight excluding hydrogens is 136 g/mol. The molecule has 2 atom stereocenters. The van der Waals surface area contributed by atoms with Crippen LogP contribution in [0.3, 0.4) is 0 Å². The van der Waals surface area contributed by atoms with Crippen molar-refractivity contribution in [3.63, 3.8) is 0 Å². The van der Waals surface area contributed by atoms with E-state index in [1.807, 2.05) is 0 Å². The van der Waals surface area contributed by atoms with Crippen molar-refractivity contribution in [1.82, 2.24) is 0 Å². The fraction of sp³-hybridized carbons (Fsp3) is 0.900. The molecule has 1 heteroatoms. The smallest absolute Gasteiger partial charge is 0.120 e. The summed E-state index contributed by atoms with van der Waals surface area (Å²) < 4.78 is 0. The second-order valence-electron chi connectivity index (χ2n) is 3.94. The van der Waals surface area contributed by atoms with E-state index in [0.29, 0.717) is 5.41 Å². The van der Waals surface area contributed by atoms with Crippen LogP contribution in [0.4, 0.5) is 0 Å². The lowest BCUT2D eigenvalue weighted by molar-refractivity contribution is -0.109. The van der Waals surface area contributed by atoms with Crippen LogP contribution in [0.2, 0.25) is 0 Å². The van der Waals surface area contributed by atoms with Gasteiger partial charge in [-0.15, -0.1) is 0 Å². The maximum atomic E-state index is 10.4. The molecule has 1 saturated carbocycles. The molecule has 1 rings (SSSR count). The molecule has 64 valence electrons. The standard InChI is InChI=1S/C10H18O/c1-3-4-5-10(6-7-11)8-9(10)2/h7,9H,3-6,8H2,1-2H3. The minimum Gasteiger partial charge on any atom is -0.303 e. The van der Waals surface area contributed by atoms with E-state index in [1.165, 1.54) is 25.7 Å². The number of hydrogen-bond acceptors (Lipinski definition) is 1. The molecule has 0 aromatic carbocycles. The Balaban J connectivity index is 2.30. The van der Waals surface area contributed by atoms with Gasteiger partial charge in [-0.1, -0.05) is 26.7 Å². The number of aldehydes is 1. The highest BCUT2D eigenvalue weighted by molar-refractivity contribution is 5.52. The zero-order valence-electron chi connectivity index (χ0n) is 7.60. The predicted molar refractivity (Wildman–Crippen MR) is 46.4 cm³/mol. The van der Waals surface area contributed by atoms with Crippen molar-refractivity contribution in [3.05, 3.63) is 0 Å². The van der Waals surface area contributed by atoms with Crippen molar-refractivity contribution in [3.8, 4) is 0 Å². The average Bonchev–Trinajstić information content (AvgIpc) is 2.59. The van der Waals surface area contributed by atoms with Crippen molar-refractivity contribution in [2.45, 2.75) is 46.0 Å². The topological polar surface area (TPSA) is 17.1 Å². The molecule has 2 unspecified atom stereocenters. The van der Waals surface area contributed by atoms with Crippen LogP contribution in [-0.4, -0.2) is 6.29 Å². The van der Waals surface area contributed by atoms with Crippen LogP contribution in [0, 0.1) is 11.3 Å². The monoisotopic (exact) mass is 154 g/mol. The highest BCUT2D eigenvalue weighted by atomic mass is 16.1. The second-order valence-corrected chi connectivity index (χ2v) is 3.94. The minimum absolute atomic E-state index is 0.442. The lowest BCUT2D eigenvalue weighted by Crippen LogP contribution is -2.03. The molecular formula is C10H18O. The van der Waals surface area contributed by atoms with Crippen LogP contribution in [0.15, 0.2) is 0 Å². The van der Waals surface area contributed by atoms with Gasteiger partial charge in [-0.3, -0.25) is 0 Å². The van der Waals surface area contributed by atoms with E-state index in [1.54, 1.807) is 0 Å². The summed E-state index contributed by atoms with van der Waals surface area (Å²) in [6.45, 7) is 4.47. The lowest BCUT2D eigenvalue weighted by atomic mass is 9.93. The number of carbonyl (C=O) groups is 1. The van der Waals surface area contributed by atoms with Gasteiger partial charge in [0.05, 0.1) is 0 Å². The normalized spacial score (nSPS) is 35.3. The summed E-state index contributed by atoms with van der Waals surface area (Å²) in [6, 6.07) is 0. The first-order valence-electron chi connectivity index (χ1n) is 4.69. The summed E-state index contributed by atoms with van der Waals surface area (Å²) in [5.74, 6) is 0.805. The molecule has 1 fully saturated rings. The third-order valence-corrected chi connectivity index (χ3v) is 3.12. The Hall–Kier alpha value is -0.330. The molecule has 0 aromatic heterocycles. The highest BCUT2D eigenvalue weighted by Gasteiger charge is 2.49. The third-order valence-electron chi connectivity index (χ3n) is 3.12. The fourth-order valence-electron chi connectivity index (χ4n) is 1.98. The first kappa shape index (κ1) is 8.76. The van der Waals surface area contributed by atoms with Crippen LogP contribution in [0.1, 0.15) is 46.0 Å². The molecule has 0 saturated heterocycles. The fourth-order valence-corrected chi connectivity index (χ4v) is 1.98. The largest absolute Gasteiger partial charge is 0.303 e. The van der Waals surface area contributed by atoms with Crippen LogP contribution in [0.5, 0.6) is 0 Å². The molecule has 0 amide bonds. The van der Waals surface area contributed by atoms with Crippen molar-refractivity contribution in [1.29, 1.82) is 0 Å². The molecule has 0 heterocycles. The van der Waals surface area contributed by atoms with Gasteiger partial charge in [0.15, 0.2) is 0 Å². The Bertz CT molecular complexity index is 142. The lowest BCUT2D eigenvalue weighted by Gasteiger charge is -2.11. The highest BCUT2D eigenvalue weighted by Crippen LogP contribution is 2.57.